The van der Waals surface area contributed by atoms with Gasteiger partial charge in [-0.05, 0) is 49.6 Å². The van der Waals surface area contributed by atoms with Gasteiger partial charge in [-0.25, -0.2) is 4.99 Å². The van der Waals surface area contributed by atoms with Crippen LogP contribution in [0.3, 0.4) is 0 Å². The van der Waals surface area contributed by atoms with E-state index in [1.54, 1.807) is 0 Å². The minimum atomic E-state index is 0.440. The molecule has 104 valence electrons. The van der Waals surface area contributed by atoms with Crippen LogP contribution in [0.2, 0.25) is 0 Å². The number of nitrogens with two attached hydrogens (primary N) is 1. The lowest BCUT2D eigenvalue weighted by molar-refractivity contribution is 1.05. The Labute approximate surface area is 120 Å². The minimum Gasteiger partial charge on any atom is -0.370 e. The molecule has 0 amide bonds. The van der Waals surface area contributed by atoms with E-state index in [2.05, 4.69) is 61.4 Å². The van der Waals surface area contributed by atoms with E-state index in [9.17, 15) is 0 Å². The van der Waals surface area contributed by atoms with Crippen molar-refractivity contribution in [1.82, 2.24) is 0 Å². The van der Waals surface area contributed by atoms with E-state index < -0.39 is 0 Å². The summed E-state index contributed by atoms with van der Waals surface area (Å²) in [4.78, 5) is 4.37. The first kappa shape index (κ1) is 14.1. The van der Waals surface area contributed by atoms with E-state index in [4.69, 9.17) is 5.73 Å². The van der Waals surface area contributed by atoms with Crippen molar-refractivity contribution < 1.29 is 0 Å². The molecule has 0 aliphatic heterocycles. The van der Waals surface area contributed by atoms with Gasteiger partial charge in [0.25, 0.3) is 0 Å². The Hall–Kier alpha value is -2.29. The third kappa shape index (κ3) is 3.85. The first-order valence-electron chi connectivity index (χ1n) is 6.74. The summed E-state index contributed by atoms with van der Waals surface area (Å²) in [5.41, 5.74) is 11.8. The maximum absolute atomic E-state index is 5.92. The average Bonchev–Trinajstić information content (AvgIpc) is 2.41. The molecule has 0 saturated heterocycles. The van der Waals surface area contributed by atoms with Crippen molar-refractivity contribution >= 4 is 11.6 Å². The number of rotatable bonds is 3. The van der Waals surface area contributed by atoms with Crippen LogP contribution in [0.5, 0.6) is 0 Å². The summed E-state index contributed by atoms with van der Waals surface area (Å²) < 4.78 is 0. The molecule has 0 atom stereocenters. The van der Waals surface area contributed by atoms with Gasteiger partial charge in [0, 0.05) is 5.69 Å². The van der Waals surface area contributed by atoms with Gasteiger partial charge in [-0.2, -0.15) is 0 Å². The van der Waals surface area contributed by atoms with Crippen LogP contribution in [-0.2, 0) is 6.54 Å². The molecular formula is C17H21N3. The maximum Gasteiger partial charge on any atom is 0.193 e. The number of hydrogen-bond donors (Lipinski definition) is 2. The van der Waals surface area contributed by atoms with Crippen molar-refractivity contribution in [3.63, 3.8) is 0 Å². The van der Waals surface area contributed by atoms with Crippen LogP contribution in [-0.4, -0.2) is 5.96 Å². The van der Waals surface area contributed by atoms with Crippen LogP contribution >= 0.6 is 0 Å². The molecule has 3 nitrogen and oxygen atoms in total. The van der Waals surface area contributed by atoms with Crippen molar-refractivity contribution in [2.45, 2.75) is 27.3 Å². The molecule has 0 unspecified atom stereocenters. The fourth-order valence-electron chi connectivity index (χ4n) is 1.99. The zero-order valence-electron chi connectivity index (χ0n) is 12.3. The number of hydrogen-bond acceptors (Lipinski definition) is 1. The molecule has 2 aromatic rings. The third-order valence-electron chi connectivity index (χ3n) is 3.29. The van der Waals surface area contributed by atoms with E-state index in [0.717, 1.165) is 11.3 Å². The normalized spacial score (nSPS) is 11.4. The maximum atomic E-state index is 5.92. The fourth-order valence-corrected chi connectivity index (χ4v) is 1.99. The number of aliphatic imine (C=N–C) groups is 1. The van der Waals surface area contributed by atoms with Crippen LogP contribution in [0.1, 0.15) is 22.3 Å². The number of benzene rings is 2. The number of nitrogens with one attached hydrogen (secondary N) is 1. The Morgan fingerprint density at radius 1 is 1.05 bits per heavy atom. The SMILES string of the molecule is Cc1cccc(CN=C(N)Nc2ccc(C)c(C)c2)c1. The van der Waals surface area contributed by atoms with Gasteiger partial charge in [0.2, 0.25) is 0 Å². The predicted octanol–water partition coefficient (Wildman–Crippen LogP) is 3.54. The average molecular weight is 267 g/mol. The van der Waals surface area contributed by atoms with E-state index in [1.807, 2.05) is 12.1 Å². The fraction of sp³-hybridized carbons (Fsp3) is 0.235. The van der Waals surface area contributed by atoms with Gasteiger partial charge in [0.15, 0.2) is 5.96 Å². The Morgan fingerprint density at radius 3 is 2.55 bits per heavy atom. The number of anilines is 1. The van der Waals surface area contributed by atoms with E-state index in [0.29, 0.717) is 12.5 Å². The van der Waals surface area contributed by atoms with Crippen molar-refractivity contribution in [2.24, 2.45) is 10.7 Å². The highest BCUT2D eigenvalue weighted by Crippen LogP contribution is 2.14. The molecular weight excluding hydrogens is 246 g/mol. The lowest BCUT2D eigenvalue weighted by atomic mass is 10.1. The monoisotopic (exact) mass is 267 g/mol. The summed E-state index contributed by atoms with van der Waals surface area (Å²) in [6, 6.07) is 14.4. The molecule has 0 fully saturated rings. The number of aryl methyl sites for hydroxylation is 3. The summed E-state index contributed by atoms with van der Waals surface area (Å²) in [7, 11) is 0. The van der Waals surface area contributed by atoms with Gasteiger partial charge >= 0.3 is 0 Å². The summed E-state index contributed by atoms with van der Waals surface area (Å²) in [6.07, 6.45) is 0. The lowest BCUT2D eigenvalue weighted by Gasteiger charge is -2.08. The standard InChI is InChI=1S/C17H21N3/c1-12-5-4-6-15(9-12)11-19-17(18)20-16-8-7-13(2)14(3)10-16/h4-10H,11H2,1-3H3,(H3,18,19,20). The lowest BCUT2D eigenvalue weighted by Crippen LogP contribution is -2.22. The van der Waals surface area contributed by atoms with Gasteiger partial charge in [-0.1, -0.05) is 35.9 Å². The first-order chi connectivity index (χ1) is 9.54. The second-order valence-electron chi connectivity index (χ2n) is 5.11. The van der Waals surface area contributed by atoms with Gasteiger partial charge in [0.05, 0.1) is 6.54 Å². The zero-order chi connectivity index (χ0) is 14.5. The van der Waals surface area contributed by atoms with Crippen molar-refractivity contribution in [1.29, 1.82) is 0 Å². The van der Waals surface area contributed by atoms with E-state index >= 15 is 0 Å². The molecule has 2 aromatic carbocycles. The smallest absolute Gasteiger partial charge is 0.193 e. The molecule has 3 heteroatoms. The number of guanidine groups is 1. The predicted molar refractivity (Wildman–Crippen MR) is 86.0 cm³/mol. The quantitative estimate of drug-likeness (QED) is 0.660. The Bertz CT molecular complexity index is 630. The third-order valence-corrected chi connectivity index (χ3v) is 3.29. The van der Waals surface area contributed by atoms with Gasteiger partial charge < -0.3 is 11.1 Å². The molecule has 0 radical (unpaired) electrons. The summed E-state index contributed by atoms with van der Waals surface area (Å²) in [6.45, 7) is 6.84. The molecule has 0 heterocycles. The molecule has 0 spiro atoms. The Balaban J connectivity index is 2.02. The molecule has 2 rings (SSSR count). The number of nitrogens with zero attached hydrogens (tertiary/aromatic N) is 1. The Kier molecular flexibility index (Phi) is 4.41. The highest BCUT2D eigenvalue weighted by atomic mass is 15.1. The van der Waals surface area contributed by atoms with E-state index in [1.165, 1.54) is 16.7 Å². The molecule has 0 bridgehead atoms. The van der Waals surface area contributed by atoms with Gasteiger partial charge in [0.1, 0.15) is 0 Å². The van der Waals surface area contributed by atoms with Crippen LogP contribution in [0.4, 0.5) is 5.69 Å². The van der Waals surface area contributed by atoms with Gasteiger partial charge in [-0.15, -0.1) is 0 Å². The first-order valence-corrected chi connectivity index (χ1v) is 6.74. The van der Waals surface area contributed by atoms with Crippen molar-refractivity contribution in [3.8, 4) is 0 Å². The van der Waals surface area contributed by atoms with Crippen LogP contribution < -0.4 is 11.1 Å². The Morgan fingerprint density at radius 2 is 1.85 bits per heavy atom. The van der Waals surface area contributed by atoms with Crippen LogP contribution in [0.25, 0.3) is 0 Å². The second-order valence-corrected chi connectivity index (χ2v) is 5.11. The minimum absolute atomic E-state index is 0.440. The topological polar surface area (TPSA) is 50.4 Å². The zero-order valence-corrected chi connectivity index (χ0v) is 12.3. The summed E-state index contributed by atoms with van der Waals surface area (Å²) >= 11 is 0. The van der Waals surface area contributed by atoms with Crippen LogP contribution in [0, 0.1) is 20.8 Å². The van der Waals surface area contributed by atoms with Crippen molar-refractivity contribution in [2.75, 3.05) is 5.32 Å². The van der Waals surface area contributed by atoms with E-state index in [-0.39, 0.29) is 0 Å². The highest BCUT2D eigenvalue weighted by Gasteiger charge is 1.98. The molecule has 3 N–H and O–H groups in total. The summed E-state index contributed by atoms with van der Waals surface area (Å²) in [5.74, 6) is 0.440. The highest BCUT2D eigenvalue weighted by molar-refractivity contribution is 5.92. The molecule has 0 aliphatic rings. The largest absolute Gasteiger partial charge is 0.370 e. The summed E-state index contributed by atoms with van der Waals surface area (Å²) in [5, 5.41) is 3.12. The van der Waals surface area contributed by atoms with Gasteiger partial charge in [-0.3, -0.25) is 0 Å². The molecule has 20 heavy (non-hydrogen) atoms. The van der Waals surface area contributed by atoms with Crippen molar-refractivity contribution in [3.05, 3.63) is 64.7 Å². The molecule has 0 aliphatic carbocycles. The molecule has 0 aromatic heterocycles. The van der Waals surface area contributed by atoms with Crippen LogP contribution in [0.15, 0.2) is 47.5 Å². The second kappa shape index (κ2) is 6.24. The molecule has 0 saturated carbocycles.